The van der Waals surface area contributed by atoms with Crippen LogP contribution in [0.15, 0.2) is 36.4 Å². The quantitative estimate of drug-likeness (QED) is 0.871. The van der Waals surface area contributed by atoms with E-state index in [4.69, 9.17) is 9.47 Å². The number of hydrogen-bond acceptors (Lipinski definition) is 3. The molecule has 0 spiro atoms. The van der Waals surface area contributed by atoms with Crippen LogP contribution in [-0.4, -0.2) is 25.0 Å². The Bertz CT molecular complexity index is 713. The maximum absolute atomic E-state index is 13.0. The third kappa shape index (κ3) is 2.39. The highest BCUT2D eigenvalue weighted by Crippen LogP contribution is 2.38. The van der Waals surface area contributed by atoms with Gasteiger partial charge in [-0.15, -0.1) is 0 Å². The zero-order valence-electron chi connectivity index (χ0n) is 12.4. The first kappa shape index (κ1) is 14.4. The molecule has 1 aliphatic rings. The van der Waals surface area contributed by atoms with Gasteiger partial charge in [-0.05, 0) is 29.3 Å². The van der Waals surface area contributed by atoms with Gasteiger partial charge < -0.3 is 14.4 Å². The van der Waals surface area contributed by atoms with E-state index >= 15 is 0 Å². The first-order chi connectivity index (χ1) is 10.6. The smallest absolute Gasteiger partial charge is 0.258 e. The van der Waals surface area contributed by atoms with Crippen LogP contribution in [0.4, 0.5) is 4.39 Å². The summed E-state index contributed by atoms with van der Waals surface area (Å²) >= 11 is 0. The minimum atomic E-state index is -0.286. The van der Waals surface area contributed by atoms with E-state index in [1.807, 2.05) is 6.07 Å². The van der Waals surface area contributed by atoms with Crippen LogP contribution in [0, 0.1) is 5.82 Å². The second-order valence-corrected chi connectivity index (χ2v) is 5.12. The number of fused-ring (bicyclic) bond motifs is 1. The maximum Gasteiger partial charge on any atom is 0.258 e. The van der Waals surface area contributed by atoms with Crippen LogP contribution in [-0.2, 0) is 13.1 Å². The number of methoxy groups -OCH3 is 2. The molecule has 3 rings (SSSR count). The van der Waals surface area contributed by atoms with Crippen molar-refractivity contribution in [2.45, 2.75) is 13.1 Å². The van der Waals surface area contributed by atoms with Crippen molar-refractivity contribution in [1.82, 2.24) is 4.90 Å². The van der Waals surface area contributed by atoms with Crippen molar-refractivity contribution in [3.63, 3.8) is 0 Å². The van der Waals surface area contributed by atoms with Gasteiger partial charge in [0.15, 0.2) is 11.5 Å². The van der Waals surface area contributed by atoms with Gasteiger partial charge in [-0.2, -0.15) is 0 Å². The largest absolute Gasteiger partial charge is 0.493 e. The van der Waals surface area contributed by atoms with Crippen molar-refractivity contribution in [2.24, 2.45) is 0 Å². The maximum atomic E-state index is 13.0. The van der Waals surface area contributed by atoms with Crippen LogP contribution < -0.4 is 9.47 Å². The molecule has 0 aromatic heterocycles. The molecule has 1 aliphatic heterocycles. The van der Waals surface area contributed by atoms with Crippen molar-refractivity contribution in [2.75, 3.05) is 14.2 Å². The Kier molecular flexibility index (Phi) is 3.71. The lowest BCUT2D eigenvalue weighted by molar-refractivity contribution is 0.0764. The number of halogens is 1. The SMILES string of the molecule is COc1ccc2c(c1OC)C(=O)N(Cc1ccc(F)cc1)C2. The van der Waals surface area contributed by atoms with Gasteiger partial charge in [-0.1, -0.05) is 18.2 Å². The molecule has 0 saturated carbocycles. The number of benzene rings is 2. The molecule has 0 radical (unpaired) electrons. The van der Waals surface area contributed by atoms with E-state index in [0.717, 1.165) is 11.1 Å². The molecular formula is C17H16FNO3. The second-order valence-electron chi connectivity index (χ2n) is 5.12. The van der Waals surface area contributed by atoms with Crippen LogP contribution >= 0.6 is 0 Å². The second kappa shape index (κ2) is 5.67. The van der Waals surface area contributed by atoms with E-state index in [-0.39, 0.29) is 11.7 Å². The summed E-state index contributed by atoms with van der Waals surface area (Å²) in [6, 6.07) is 9.83. The minimum absolute atomic E-state index is 0.102. The van der Waals surface area contributed by atoms with Crippen molar-refractivity contribution < 1.29 is 18.7 Å². The van der Waals surface area contributed by atoms with E-state index in [9.17, 15) is 9.18 Å². The monoisotopic (exact) mass is 301 g/mol. The summed E-state index contributed by atoms with van der Waals surface area (Å²) in [5.74, 6) is 0.617. The van der Waals surface area contributed by atoms with Gasteiger partial charge in [0.25, 0.3) is 5.91 Å². The van der Waals surface area contributed by atoms with Gasteiger partial charge in [0, 0.05) is 13.1 Å². The number of nitrogens with zero attached hydrogens (tertiary/aromatic N) is 1. The fourth-order valence-electron chi connectivity index (χ4n) is 2.71. The average molecular weight is 301 g/mol. The van der Waals surface area contributed by atoms with Gasteiger partial charge in [-0.25, -0.2) is 4.39 Å². The molecule has 114 valence electrons. The van der Waals surface area contributed by atoms with Crippen molar-refractivity contribution in [1.29, 1.82) is 0 Å². The van der Waals surface area contributed by atoms with Crippen LogP contribution in [0.1, 0.15) is 21.5 Å². The van der Waals surface area contributed by atoms with Crippen LogP contribution in [0.3, 0.4) is 0 Å². The van der Waals surface area contributed by atoms with E-state index in [0.29, 0.717) is 30.2 Å². The number of ether oxygens (including phenoxy) is 2. The van der Waals surface area contributed by atoms with E-state index in [1.165, 1.54) is 19.2 Å². The molecule has 0 N–H and O–H groups in total. The Hall–Kier alpha value is -2.56. The van der Waals surface area contributed by atoms with Crippen molar-refractivity contribution in [3.8, 4) is 11.5 Å². The molecule has 0 fully saturated rings. The first-order valence-corrected chi connectivity index (χ1v) is 6.91. The van der Waals surface area contributed by atoms with Gasteiger partial charge in [0.2, 0.25) is 0 Å². The van der Waals surface area contributed by atoms with E-state index in [1.54, 1.807) is 30.2 Å². The Morgan fingerprint density at radius 2 is 1.82 bits per heavy atom. The Labute approximate surface area is 128 Å². The molecule has 1 amide bonds. The topological polar surface area (TPSA) is 38.8 Å². The normalized spacial score (nSPS) is 13.2. The highest BCUT2D eigenvalue weighted by atomic mass is 19.1. The summed E-state index contributed by atoms with van der Waals surface area (Å²) in [7, 11) is 3.06. The summed E-state index contributed by atoms with van der Waals surface area (Å²) in [6.07, 6.45) is 0. The molecule has 2 aromatic rings. The zero-order chi connectivity index (χ0) is 15.7. The molecule has 1 heterocycles. The molecule has 2 aromatic carbocycles. The summed E-state index contributed by atoms with van der Waals surface area (Å²) in [5.41, 5.74) is 2.34. The van der Waals surface area contributed by atoms with Crippen LogP contribution in [0.2, 0.25) is 0 Å². The van der Waals surface area contributed by atoms with Gasteiger partial charge >= 0.3 is 0 Å². The molecule has 0 bridgehead atoms. The fraction of sp³-hybridized carbons (Fsp3) is 0.235. The number of carbonyl (C=O) groups excluding carboxylic acids is 1. The average Bonchev–Trinajstić information content (AvgIpc) is 2.85. The molecule has 0 atom stereocenters. The highest BCUT2D eigenvalue weighted by Gasteiger charge is 2.32. The van der Waals surface area contributed by atoms with Crippen molar-refractivity contribution in [3.05, 3.63) is 58.9 Å². The molecule has 0 unspecified atom stereocenters. The third-order valence-corrected chi connectivity index (χ3v) is 3.78. The predicted octanol–water partition coefficient (Wildman–Crippen LogP) is 3.00. The zero-order valence-corrected chi connectivity index (χ0v) is 12.4. The first-order valence-electron chi connectivity index (χ1n) is 6.91. The fourth-order valence-corrected chi connectivity index (χ4v) is 2.71. The lowest BCUT2D eigenvalue weighted by Gasteiger charge is -2.16. The summed E-state index contributed by atoms with van der Waals surface area (Å²) in [5, 5.41) is 0. The van der Waals surface area contributed by atoms with E-state index in [2.05, 4.69) is 0 Å². The lowest BCUT2D eigenvalue weighted by atomic mass is 10.1. The number of rotatable bonds is 4. The van der Waals surface area contributed by atoms with Crippen molar-refractivity contribution >= 4 is 5.91 Å². The number of hydrogen-bond donors (Lipinski definition) is 0. The molecule has 0 saturated heterocycles. The Morgan fingerprint density at radius 3 is 2.45 bits per heavy atom. The van der Waals surface area contributed by atoms with Crippen LogP contribution in [0.5, 0.6) is 11.5 Å². The Morgan fingerprint density at radius 1 is 1.09 bits per heavy atom. The Balaban J connectivity index is 1.89. The third-order valence-electron chi connectivity index (χ3n) is 3.78. The minimum Gasteiger partial charge on any atom is -0.493 e. The molecule has 4 nitrogen and oxygen atoms in total. The van der Waals surface area contributed by atoms with Gasteiger partial charge in [0.1, 0.15) is 5.82 Å². The highest BCUT2D eigenvalue weighted by molar-refractivity contribution is 6.01. The summed E-state index contributed by atoms with van der Waals surface area (Å²) in [4.78, 5) is 14.3. The number of amides is 1. The summed E-state index contributed by atoms with van der Waals surface area (Å²) in [6.45, 7) is 0.936. The molecule has 0 aliphatic carbocycles. The van der Waals surface area contributed by atoms with Gasteiger partial charge in [0.05, 0.1) is 19.8 Å². The number of carbonyl (C=O) groups is 1. The van der Waals surface area contributed by atoms with E-state index < -0.39 is 0 Å². The lowest BCUT2D eigenvalue weighted by Crippen LogP contribution is -2.23. The predicted molar refractivity (Wildman–Crippen MR) is 79.5 cm³/mol. The molecular weight excluding hydrogens is 285 g/mol. The van der Waals surface area contributed by atoms with Gasteiger partial charge in [-0.3, -0.25) is 4.79 Å². The summed E-state index contributed by atoms with van der Waals surface area (Å²) < 4.78 is 23.5. The molecule has 5 heteroatoms. The molecule has 22 heavy (non-hydrogen) atoms. The standard InChI is InChI=1S/C17H16FNO3/c1-21-14-8-5-12-10-19(17(20)15(12)16(14)22-2)9-11-3-6-13(18)7-4-11/h3-8H,9-10H2,1-2H3. The van der Waals surface area contributed by atoms with Crippen LogP contribution in [0.25, 0.3) is 0 Å².